The summed E-state index contributed by atoms with van der Waals surface area (Å²) in [6, 6.07) is 3.10. The third-order valence-electron chi connectivity index (χ3n) is 4.96. The van der Waals surface area contributed by atoms with Crippen LogP contribution in [0.25, 0.3) is 16.9 Å². The third kappa shape index (κ3) is 4.43. The SMILES string of the molecule is COc1ncc(-c2cc(N3CC(OC(=O)NC(C)C)C(F)(F)C3)n3nccc3n2)c(OC)n1. The molecule has 0 aliphatic carbocycles. The van der Waals surface area contributed by atoms with Gasteiger partial charge in [0.05, 0.1) is 44.8 Å². The lowest BCUT2D eigenvalue weighted by Gasteiger charge is -2.20. The van der Waals surface area contributed by atoms with Crippen molar-refractivity contribution in [2.24, 2.45) is 0 Å². The molecule has 1 saturated heterocycles. The van der Waals surface area contributed by atoms with Crippen LogP contribution in [0, 0.1) is 0 Å². The molecule has 13 heteroatoms. The van der Waals surface area contributed by atoms with Crippen molar-refractivity contribution >= 4 is 17.6 Å². The number of rotatable bonds is 6. The van der Waals surface area contributed by atoms with E-state index in [2.05, 4.69) is 25.4 Å². The molecule has 3 aromatic rings. The fourth-order valence-corrected chi connectivity index (χ4v) is 3.49. The average molecular weight is 463 g/mol. The minimum atomic E-state index is -3.27. The normalized spacial score (nSPS) is 17.4. The van der Waals surface area contributed by atoms with Crippen molar-refractivity contribution in [1.29, 1.82) is 0 Å². The molecular formula is C20H23F2N7O4. The van der Waals surface area contributed by atoms with E-state index in [4.69, 9.17) is 14.2 Å². The van der Waals surface area contributed by atoms with Gasteiger partial charge in [-0.3, -0.25) is 0 Å². The van der Waals surface area contributed by atoms with Crippen molar-refractivity contribution in [2.45, 2.75) is 31.9 Å². The second kappa shape index (κ2) is 8.64. The smallest absolute Gasteiger partial charge is 0.407 e. The van der Waals surface area contributed by atoms with Gasteiger partial charge in [0.1, 0.15) is 5.82 Å². The van der Waals surface area contributed by atoms with Gasteiger partial charge in [-0.2, -0.15) is 14.6 Å². The lowest BCUT2D eigenvalue weighted by atomic mass is 10.2. The number of carbonyl (C=O) groups excluding carboxylic acids is 1. The highest BCUT2D eigenvalue weighted by Crippen LogP contribution is 2.36. The number of aromatic nitrogens is 5. The van der Waals surface area contributed by atoms with E-state index >= 15 is 0 Å². The molecule has 33 heavy (non-hydrogen) atoms. The van der Waals surface area contributed by atoms with Crippen molar-refractivity contribution in [2.75, 3.05) is 32.2 Å². The standard InChI is InChI=1S/C20H23F2N7O4/c1-11(2)25-19(30)33-14-9-28(10-20(14,21)22)16-7-13(26-15-5-6-24-29(15)16)12-8-23-18(32-4)27-17(12)31-3/h5-8,11,14H,9-10H2,1-4H3,(H,25,30). The number of hydrogen-bond donors (Lipinski definition) is 1. The molecule has 4 rings (SSSR count). The van der Waals surface area contributed by atoms with E-state index in [1.807, 2.05) is 0 Å². The van der Waals surface area contributed by atoms with Crippen LogP contribution in [0.15, 0.2) is 24.5 Å². The Balaban J connectivity index is 1.70. The molecule has 1 unspecified atom stereocenters. The molecular weight excluding hydrogens is 440 g/mol. The minimum Gasteiger partial charge on any atom is -0.480 e. The van der Waals surface area contributed by atoms with Gasteiger partial charge in [0.2, 0.25) is 5.88 Å². The number of carbonyl (C=O) groups is 1. The van der Waals surface area contributed by atoms with Crippen LogP contribution < -0.4 is 19.7 Å². The largest absolute Gasteiger partial charge is 0.480 e. The topological polar surface area (TPSA) is 116 Å². The Hall–Kier alpha value is -3.77. The number of fused-ring (bicyclic) bond motifs is 1. The van der Waals surface area contributed by atoms with E-state index in [1.165, 1.54) is 36.0 Å². The van der Waals surface area contributed by atoms with Gasteiger partial charge in [0.25, 0.3) is 0 Å². The Kier molecular flexibility index (Phi) is 5.87. The van der Waals surface area contributed by atoms with E-state index in [9.17, 15) is 13.6 Å². The molecule has 1 atom stereocenters. The van der Waals surface area contributed by atoms with Crippen molar-refractivity contribution < 1.29 is 27.8 Å². The number of nitrogens with one attached hydrogen (secondary N) is 1. The Labute approximate surface area is 187 Å². The first-order valence-corrected chi connectivity index (χ1v) is 10.1. The lowest BCUT2D eigenvalue weighted by Crippen LogP contribution is -2.40. The van der Waals surface area contributed by atoms with E-state index in [-0.39, 0.29) is 24.5 Å². The predicted molar refractivity (Wildman–Crippen MR) is 113 cm³/mol. The maximum Gasteiger partial charge on any atom is 0.407 e. The summed E-state index contributed by atoms with van der Waals surface area (Å²) in [5, 5.41) is 6.67. The van der Waals surface area contributed by atoms with Crippen LogP contribution in [0.2, 0.25) is 0 Å². The number of ether oxygens (including phenoxy) is 3. The minimum absolute atomic E-state index is 0.111. The van der Waals surface area contributed by atoms with Crippen LogP contribution in [0.1, 0.15) is 13.8 Å². The molecule has 176 valence electrons. The van der Waals surface area contributed by atoms with Crippen molar-refractivity contribution in [3.8, 4) is 23.1 Å². The van der Waals surface area contributed by atoms with Gasteiger partial charge in [-0.05, 0) is 13.8 Å². The summed E-state index contributed by atoms with van der Waals surface area (Å²) in [6.45, 7) is 2.53. The molecule has 0 radical (unpaired) electrons. The van der Waals surface area contributed by atoms with Crippen LogP contribution in [-0.4, -0.2) is 76.0 Å². The first-order chi connectivity index (χ1) is 15.7. The summed E-state index contributed by atoms with van der Waals surface area (Å²) >= 11 is 0. The van der Waals surface area contributed by atoms with E-state index < -0.39 is 24.7 Å². The molecule has 3 aromatic heterocycles. The van der Waals surface area contributed by atoms with Crippen LogP contribution in [0.4, 0.5) is 19.4 Å². The Morgan fingerprint density at radius 3 is 2.76 bits per heavy atom. The van der Waals surface area contributed by atoms with Crippen LogP contribution in [-0.2, 0) is 4.74 Å². The first kappa shape index (κ1) is 22.4. The fraction of sp³-hybridized carbons (Fsp3) is 0.450. The highest BCUT2D eigenvalue weighted by molar-refractivity contribution is 5.71. The highest BCUT2D eigenvalue weighted by Gasteiger charge is 2.51. The number of amides is 1. The van der Waals surface area contributed by atoms with Crippen LogP contribution >= 0.6 is 0 Å². The third-order valence-corrected chi connectivity index (χ3v) is 4.96. The monoisotopic (exact) mass is 463 g/mol. The molecule has 11 nitrogen and oxygen atoms in total. The second-order valence-electron chi connectivity index (χ2n) is 7.71. The second-order valence-corrected chi connectivity index (χ2v) is 7.71. The van der Waals surface area contributed by atoms with Gasteiger partial charge in [0, 0.05) is 24.4 Å². The number of alkyl halides is 2. The van der Waals surface area contributed by atoms with Gasteiger partial charge in [-0.15, -0.1) is 0 Å². The van der Waals surface area contributed by atoms with E-state index in [1.54, 1.807) is 26.0 Å². The highest BCUT2D eigenvalue weighted by atomic mass is 19.3. The number of nitrogens with zero attached hydrogens (tertiary/aromatic N) is 6. The zero-order chi connectivity index (χ0) is 23.8. The summed E-state index contributed by atoms with van der Waals surface area (Å²) in [4.78, 5) is 26.1. The number of halogens is 2. The summed E-state index contributed by atoms with van der Waals surface area (Å²) in [6.07, 6.45) is 0.466. The Morgan fingerprint density at radius 2 is 2.06 bits per heavy atom. The summed E-state index contributed by atoms with van der Waals surface area (Å²) in [5.74, 6) is -2.71. The molecule has 0 aromatic carbocycles. The molecule has 1 fully saturated rings. The quantitative estimate of drug-likeness (QED) is 0.587. The fourth-order valence-electron chi connectivity index (χ4n) is 3.49. The van der Waals surface area contributed by atoms with Crippen LogP contribution in [0.3, 0.4) is 0 Å². The molecule has 4 heterocycles. The Morgan fingerprint density at radius 1 is 1.27 bits per heavy atom. The number of alkyl carbamates (subject to hydrolysis) is 1. The molecule has 0 bridgehead atoms. The Bertz CT molecular complexity index is 1170. The van der Waals surface area contributed by atoms with Gasteiger partial charge >= 0.3 is 18.0 Å². The maximum absolute atomic E-state index is 14.7. The molecule has 1 amide bonds. The predicted octanol–water partition coefficient (Wildman–Crippen LogP) is 2.16. The van der Waals surface area contributed by atoms with Crippen molar-refractivity contribution in [1.82, 2.24) is 29.9 Å². The lowest BCUT2D eigenvalue weighted by molar-refractivity contribution is -0.0765. The van der Waals surface area contributed by atoms with Gasteiger partial charge in [-0.1, -0.05) is 0 Å². The molecule has 0 saturated carbocycles. The summed E-state index contributed by atoms with van der Waals surface area (Å²) in [5.41, 5.74) is 1.26. The number of methoxy groups -OCH3 is 2. The van der Waals surface area contributed by atoms with Gasteiger partial charge < -0.3 is 24.4 Å². The zero-order valence-electron chi connectivity index (χ0n) is 18.5. The maximum atomic E-state index is 14.7. The van der Waals surface area contributed by atoms with E-state index in [0.717, 1.165) is 0 Å². The average Bonchev–Trinajstić information content (AvgIpc) is 3.35. The summed E-state index contributed by atoms with van der Waals surface area (Å²) < 4.78 is 46.3. The first-order valence-electron chi connectivity index (χ1n) is 10.1. The van der Waals surface area contributed by atoms with E-state index in [0.29, 0.717) is 22.7 Å². The van der Waals surface area contributed by atoms with Crippen LogP contribution in [0.5, 0.6) is 11.9 Å². The number of hydrogen-bond acceptors (Lipinski definition) is 9. The van der Waals surface area contributed by atoms with Gasteiger partial charge in [0.15, 0.2) is 11.8 Å². The van der Waals surface area contributed by atoms with Gasteiger partial charge in [-0.25, -0.2) is 23.5 Å². The molecule has 1 N–H and O–H groups in total. The van der Waals surface area contributed by atoms with Crippen molar-refractivity contribution in [3.05, 3.63) is 24.5 Å². The summed E-state index contributed by atoms with van der Waals surface area (Å²) in [7, 11) is 2.87. The van der Waals surface area contributed by atoms with Crippen molar-refractivity contribution in [3.63, 3.8) is 0 Å². The molecule has 1 aliphatic heterocycles. The number of anilines is 1. The zero-order valence-corrected chi connectivity index (χ0v) is 18.5. The molecule has 0 spiro atoms. The molecule has 1 aliphatic rings.